The quantitative estimate of drug-likeness (QED) is 0.482. The molecule has 0 bridgehead atoms. The molecule has 0 radical (unpaired) electrons. The second kappa shape index (κ2) is 6.21. The first-order valence-corrected chi connectivity index (χ1v) is 8.67. The van der Waals surface area contributed by atoms with Crippen LogP contribution in [0.2, 0.25) is 0 Å². The molecule has 0 aliphatic heterocycles. The molecular formula is C17H26N4OS. The summed E-state index contributed by atoms with van der Waals surface area (Å²) in [5.74, 6) is 0.850. The van der Waals surface area contributed by atoms with Gasteiger partial charge >= 0.3 is 0 Å². The van der Waals surface area contributed by atoms with Crippen LogP contribution in [-0.2, 0) is 11.3 Å². The molecule has 5 nitrogen and oxygen atoms in total. The molecule has 1 aliphatic rings. The summed E-state index contributed by atoms with van der Waals surface area (Å²) in [4.78, 5) is 11.0. The molecule has 0 amide bonds. The minimum atomic E-state index is 0.102. The summed E-state index contributed by atoms with van der Waals surface area (Å²) in [7, 11) is 1.70. The lowest BCUT2D eigenvalue weighted by Gasteiger charge is -2.06. The monoisotopic (exact) mass is 334 g/mol. The van der Waals surface area contributed by atoms with Gasteiger partial charge in [0.15, 0.2) is 4.80 Å². The van der Waals surface area contributed by atoms with Gasteiger partial charge in [-0.3, -0.25) is 0 Å². The van der Waals surface area contributed by atoms with Crippen LogP contribution < -0.4 is 4.80 Å². The zero-order chi connectivity index (χ0) is 17.4. The maximum absolute atomic E-state index is 9.08. The van der Waals surface area contributed by atoms with Crippen LogP contribution in [0.5, 0.6) is 0 Å². The second-order valence-electron chi connectivity index (χ2n) is 7.23. The molecule has 1 aliphatic carbocycles. The summed E-state index contributed by atoms with van der Waals surface area (Å²) in [6, 6.07) is 0. The molecule has 0 spiro atoms. The molecule has 0 N–H and O–H groups in total. The molecule has 0 atom stereocenters. The molecule has 0 saturated heterocycles. The highest BCUT2D eigenvalue weighted by Crippen LogP contribution is 2.68. The van der Waals surface area contributed by atoms with Crippen LogP contribution in [-0.4, -0.2) is 24.1 Å². The number of methoxy groups -OCH3 is 1. The fourth-order valence-corrected chi connectivity index (χ4v) is 4.28. The Morgan fingerprint density at radius 1 is 1.30 bits per heavy atom. The number of rotatable bonds is 4. The first kappa shape index (κ1) is 17.9. The van der Waals surface area contributed by atoms with Gasteiger partial charge in [-0.1, -0.05) is 27.7 Å². The summed E-state index contributed by atoms with van der Waals surface area (Å²) in [6.07, 6.45) is 1.93. The maximum Gasteiger partial charge on any atom is 0.207 e. The zero-order valence-electron chi connectivity index (χ0n) is 15.1. The van der Waals surface area contributed by atoms with Gasteiger partial charge in [0, 0.05) is 30.1 Å². The third kappa shape index (κ3) is 3.00. The summed E-state index contributed by atoms with van der Waals surface area (Å²) in [6.45, 7) is 14.4. The van der Waals surface area contributed by atoms with E-state index in [2.05, 4.69) is 51.1 Å². The molecule has 0 unspecified atom stereocenters. The standard InChI is InChI=1S/C17H26N4OS/c1-11-12(2)23-15(21(11)8-9-22-7)20-14(19-10-18)13-16(3,4)17(13,5)6/h13H,8-9H2,1-7H3/b19-14?,20-15-. The maximum atomic E-state index is 9.08. The molecule has 23 heavy (non-hydrogen) atoms. The van der Waals surface area contributed by atoms with Crippen molar-refractivity contribution in [1.82, 2.24) is 4.57 Å². The zero-order valence-corrected chi connectivity index (χ0v) is 15.9. The van der Waals surface area contributed by atoms with E-state index in [0.29, 0.717) is 12.4 Å². The van der Waals surface area contributed by atoms with Crippen LogP contribution in [0.15, 0.2) is 9.98 Å². The van der Waals surface area contributed by atoms with Gasteiger partial charge in [-0.25, -0.2) is 4.99 Å². The number of hydrogen-bond acceptors (Lipinski definition) is 4. The second-order valence-corrected chi connectivity index (χ2v) is 8.41. The van der Waals surface area contributed by atoms with E-state index in [-0.39, 0.29) is 16.7 Å². The summed E-state index contributed by atoms with van der Waals surface area (Å²) < 4.78 is 7.35. The predicted molar refractivity (Wildman–Crippen MR) is 93.3 cm³/mol. The van der Waals surface area contributed by atoms with Gasteiger partial charge in [-0.2, -0.15) is 10.3 Å². The molecule has 1 fully saturated rings. The summed E-state index contributed by atoms with van der Waals surface area (Å²) in [5.41, 5.74) is 1.40. The van der Waals surface area contributed by atoms with Crippen LogP contribution in [0.4, 0.5) is 0 Å². The smallest absolute Gasteiger partial charge is 0.207 e. The molecular weight excluding hydrogens is 308 g/mol. The van der Waals surface area contributed by atoms with E-state index >= 15 is 0 Å². The first-order chi connectivity index (χ1) is 10.7. The van der Waals surface area contributed by atoms with Crippen molar-refractivity contribution in [3.8, 4) is 6.19 Å². The van der Waals surface area contributed by atoms with Crippen molar-refractivity contribution in [2.45, 2.75) is 48.1 Å². The van der Waals surface area contributed by atoms with Crippen LogP contribution in [0.1, 0.15) is 38.3 Å². The van der Waals surface area contributed by atoms with Crippen molar-refractivity contribution in [1.29, 1.82) is 5.26 Å². The topological polar surface area (TPSA) is 62.7 Å². The Hall–Kier alpha value is -1.45. The van der Waals surface area contributed by atoms with Gasteiger partial charge in [0.05, 0.1) is 6.61 Å². The Bertz CT molecular complexity index is 717. The Morgan fingerprint density at radius 3 is 2.39 bits per heavy atom. The predicted octanol–water partition coefficient (Wildman–Crippen LogP) is 3.28. The molecule has 126 valence electrons. The largest absolute Gasteiger partial charge is 0.383 e. The van der Waals surface area contributed by atoms with Gasteiger partial charge in [-0.05, 0) is 24.7 Å². The van der Waals surface area contributed by atoms with Crippen molar-refractivity contribution < 1.29 is 4.74 Å². The van der Waals surface area contributed by atoms with E-state index in [0.717, 1.165) is 11.3 Å². The Morgan fingerprint density at radius 2 is 1.91 bits per heavy atom. The van der Waals surface area contributed by atoms with Gasteiger partial charge in [0.25, 0.3) is 0 Å². The molecule has 1 heterocycles. The lowest BCUT2D eigenvalue weighted by molar-refractivity contribution is 0.186. The molecule has 2 rings (SSSR count). The summed E-state index contributed by atoms with van der Waals surface area (Å²) in [5, 5.41) is 9.08. The molecule has 0 aromatic carbocycles. The minimum Gasteiger partial charge on any atom is -0.383 e. The van der Waals surface area contributed by atoms with Crippen molar-refractivity contribution in [2.75, 3.05) is 13.7 Å². The highest BCUT2D eigenvalue weighted by atomic mass is 32.1. The highest BCUT2D eigenvalue weighted by Gasteiger charge is 2.67. The van der Waals surface area contributed by atoms with Crippen LogP contribution >= 0.6 is 11.3 Å². The van der Waals surface area contributed by atoms with Crippen molar-refractivity contribution in [3.63, 3.8) is 0 Å². The number of nitrogens with zero attached hydrogens (tertiary/aromatic N) is 4. The van der Waals surface area contributed by atoms with Crippen molar-refractivity contribution >= 4 is 17.2 Å². The van der Waals surface area contributed by atoms with Crippen LogP contribution in [0.25, 0.3) is 0 Å². The Kier molecular flexibility index (Phi) is 4.84. The lowest BCUT2D eigenvalue weighted by Crippen LogP contribution is -2.21. The SMILES string of the molecule is COCCn1c(C)c(C)s/c1=N\C(=NC#N)C1C(C)(C)C1(C)C. The van der Waals surface area contributed by atoms with E-state index in [4.69, 9.17) is 15.0 Å². The van der Waals surface area contributed by atoms with Crippen LogP contribution in [0.3, 0.4) is 0 Å². The number of thiazole rings is 1. The number of hydrogen-bond donors (Lipinski definition) is 0. The van der Waals surface area contributed by atoms with E-state index in [1.807, 2.05) is 6.19 Å². The van der Waals surface area contributed by atoms with E-state index in [9.17, 15) is 0 Å². The molecule has 1 saturated carbocycles. The van der Waals surface area contributed by atoms with E-state index in [1.165, 1.54) is 10.6 Å². The molecule has 6 heteroatoms. The molecule has 1 aromatic heterocycles. The number of ether oxygens (including phenoxy) is 1. The normalized spacial score (nSPS) is 20.6. The van der Waals surface area contributed by atoms with Gasteiger partial charge < -0.3 is 9.30 Å². The summed E-state index contributed by atoms with van der Waals surface area (Å²) >= 11 is 1.64. The molecule has 1 aromatic rings. The van der Waals surface area contributed by atoms with Crippen LogP contribution in [0, 0.1) is 42.1 Å². The minimum absolute atomic E-state index is 0.102. The average Bonchev–Trinajstić information content (AvgIpc) is 2.71. The number of nitriles is 1. The fourth-order valence-electron chi connectivity index (χ4n) is 3.27. The van der Waals surface area contributed by atoms with Crippen molar-refractivity contribution in [2.24, 2.45) is 26.7 Å². The Labute approximate surface area is 142 Å². The number of aliphatic imine (C=N–C) groups is 1. The lowest BCUT2D eigenvalue weighted by atomic mass is 10.0. The third-order valence-electron chi connectivity index (χ3n) is 5.56. The van der Waals surface area contributed by atoms with Crippen molar-refractivity contribution in [3.05, 3.63) is 15.4 Å². The van der Waals surface area contributed by atoms with E-state index in [1.54, 1.807) is 18.4 Å². The van der Waals surface area contributed by atoms with Gasteiger partial charge in [-0.15, -0.1) is 11.3 Å². The number of aromatic nitrogens is 1. The first-order valence-electron chi connectivity index (χ1n) is 7.85. The van der Waals surface area contributed by atoms with Gasteiger partial charge in [0.2, 0.25) is 6.19 Å². The highest BCUT2D eigenvalue weighted by molar-refractivity contribution is 7.09. The van der Waals surface area contributed by atoms with E-state index < -0.39 is 0 Å². The average molecular weight is 334 g/mol. The number of amidine groups is 1. The number of aryl methyl sites for hydroxylation is 1. The third-order valence-corrected chi connectivity index (χ3v) is 6.66. The fraction of sp³-hybridized carbons (Fsp3) is 0.706. The van der Waals surface area contributed by atoms with Gasteiger partial charge in [0.1, 0.15) is 5.84 Å². The Balaban J connectivity index is 2.49.